The highest BCUT2D eigenvalue weighted by atomic mass is 16.5. The molecule has 1 aromatic carbocycles. The van der Waals surface area contributed by atoms with Crippen molar-refractivity contribution in [1.82, 2.24) is 0 Å². The number of hydrogen-bond acceptors (Lipinski definition) is 2. The molecule has 0 saturated heterocycles. The van der Waals surface area contributed by atoms with Gasteiger partial charge in [-0.25, -0.2) is 0 Å². The molecule has 5 atom stereocenters. The number of ether oxygens (including phenoxy) is 2. The molecule has 140 valence electrons. The smallest absolute Gasteiger partial charge is 0.119 e. The van der Waals surface area contributed by atoms with Gasteiger partial charge in [0.25, 0.3) is 0 Å². The van der Waals surface area contributed by atoms with Crippen molar-refractivity contribution in [3.05, 3.63) is 47.6 Å². The largest absolute Gasteiger partial charge is 0.497 e. The normalized spacial score (nSPS) is 35.4. The molecule has 2 nitrogen and oxygen atoms in total. The Morgan fingerprint density at radius 2 is 1.92 bits per heavy atom. The molecular formula is C24H32O2. The lowest BCUT2D eigenvalue weighted by atomic mass is 9.54. The van der Waals surface area contributed by atoms with Crippen LogP contribution >= 0.6 is 0 Å². The summed E-state index contributed by atoms with van der Waals surface area (Å²) in [6.07, 6.45) is 13.8. The molecule has 26 heavy (non-hydrogen) atoms. The van der Waals surface area contributed by atoms with Gasteiger partial charge in [0.15, 0.2) is 0 Å². The second-order valence-electron chi connectivity index (χ2n) is 9.44. The zero-order valence-corrected chi connectivity index (χ0v) is 16.8. The number of hydrogen-bond donors (Lipinski definition) is 0. The van der Waals surface area contributed by atoms with E-state index in [1.54, 1.807) is 7.11 Å². The van der Waals surface area contributed by atoms with Crippen molar-refractivity contribution in [2.24, 2.45) is 17.3 Å². The molecule has 0 bridgehead atoms. The Labute approximate surface area is 158 Å². The molecule has 1 aromatic rings. The van der Waals surface area contributed by atoms with E-state index in [-0.39, 0.29) is 11.0 Å². The van der Waals surface area contributed by atoms with E-state index in [4.69, 9.17) is 9.47 Å². The highest BCUT2D eigenvalue weighted by Crippen LogP contribution is 2.56. The van der Waals surface area contributed by atoms with Crippen LogP contribution in [-0.2, 0) is 4.74 Å². The zero-order valence-electron chi connectivity index (χ0n) is 16.8. The summed E-state index contributed by atoms with van der Waals surface area (Å²) >= 11 is 0. The SMILES string of the molecule is COc1ccc2c(c1)C=C[C@@H]1[C@H]2C=C[C@]2(C)[C@@H](OC(C)(C)C)CCC[C@@H]12. The number of methoxy groups -OCH3 is 1. The van der Waals surface area contributed by atoms with Crippen LogP contribution in [0.5, 0.6) is 5.75 Å². The second kappa shape index (κ2) is 6.27. The minimum atomic E-state index is -0.0915. The van der Waals surface area contributed by atoms with E-state index in [2.05, 4.69) is 70.2 Å². The Morgan fingerprint density at radius 1 is 1.12 bits per heavy atom. The van der Waals surface area contributed by atoms with Gasteiger partial charge < -0.3 is 9.47 Å². The Morgan fingerprint density at radius 3 is 2.65 bits per heavy atom. The van der Waals surface area contributed by atoms with Crippen LogP contribution in [0.15, 0.2) is 36.4 Å². The van der Waals surface area contributed by atoms with E-state index in [1.807, 2.05) is 0 Å². The lowest BCUT2D eigenvalue weighted by Gasteiger charge is -2.54. The van der Waals surface area contributed by atoms with Gasteiger partial charge in [-0.2, -0.15) is 0 Å². The van der Waals surface area contributed by atoms with Gasteiger partial charge in [-0.1, -0.05) is 43.7 Å². The average Bonchev–Trinajstić information content (AvgIpc) is 2.60. The van der Waals surface area contributed by atoms with Gasteiger partial charge in [-0.15, -0.1) is 0 Å². The first kappa shape index (κ1) is 17.9. The first-order valence-electron chi connectivity index (χ1n) is 10.1. The van der Waals surface area contributed by atoms with Gasteiger partial charge in [0.2, 0.25) is 0 Å². The van der Waals surface area contributed by atoms with Gasteiger partial charge in [-0.05, 0) is 68.7 Å². The van der Waals surface area contributed by atoms with Crippen LogP contribution in [0.25, 0.3) is 6.08 Å². The number of fused-ring (bicyclic) bond motifs is 5. The first-order valence-corrected chi connectivity index (χ1v) is 10.1. The fourth-order valence-electron chi connectivity index (χ4n) is 5.43. The van der Waals surface area contributed by atoms with Crippen LogP contribution in [0.1, 0.15) is 64.0 Å². The maximum atomic E-state index is 6.54. The van der Waals surface area contributed by atoms with E-state index in [0.717, 1.165) is 5.75 Å². The Kier molecular flexibility index (Phi) is 4.30. The molecule has 1 fully saturated rings. The number of benzene rings is 1. The predicted octanol–water partition coefficient (Wildman–Crippen LogP) is 5.98. The lowest BCUT2D eigenvalue weighted by molar-refractivity contribution is -0.140. The van der Waals surface area contributed by atoms with Crippen molar-refractivity contribution in [2.75, 3.05) is 7.11 Å². The number of rotatable bonds is 2. The maximum Gasteiger partial charge on any atom is 0.119 e. The third-order valence-corrected chi connectivity index (χ3v) is 6.66. The van der Waals surface area contributed by atoms with Crippen LogP contribution in [0.2, 0.25) is 0 Å². The summed E-state index contributed by atoms with van der Waals surface area (Å²) in [4.78, 5) is 0. The van der Waals surface area contributed by atoms with Crippen molar-refractivity contribution in [2.45, 2.75) is 64.6 Å². The molecule has 3 aliphatic carbocycles. The van der Waals surface area contributed by atoms with E-state index in [0.29, 0.717) is 23.9 Å². The molecule has 0 aromatic heterocycles. The molecule has 1 saturated carbocycles. The van der Waals surface area contributed by atoms with Crippen LogP contribution in [0, 0.1) is 17.3 Å². The summed E-state index contributed by atoms with van der Waals surface area (Å²) in [5.74, 6) is 2.63. The minimum absolute atomic E-state index is 0.0915. The van der Waals surface area contributed by atoms with E-state index >= 15 is 0 Å². The highest BCUT2D eigenvalue weighted by molar-refractivity contribution is 5.62. The van der Waals surface area contributed by atoms with Crippen molar-refractivity contribution < 1.29 is 9.47 Å². The van der Waals surface area contributed by atoms with Gasteiger partial charge in [0, 0.05) is 11.3 Å². The third kappa shape index (κ3) is 2.93. The first-order chi connectivity index (χ1) is 12.3. The summed E-state index contributed by atoms with van der Waals surface area (Å²) < 4.78 is 11.9. The van der Waals surface area contributed by atoms with Crippen LogP contribution in [0.3, 0.4) is 0 Å². The van der Waals surface area contributed by atoms with Gasteiger partial charge >= 0.3 is 0 Å². The van der Waals surface area contributed by atoms with Gasteiger partial charge in [0.05, 0.1) is 18.8 Å². The summed E-state index contributed by atoms with van der Waals surface area (Å²) in [6.45, 7) is 8.97. The Bertz CT molecular complexity index is 739. The van der Waals surface area contributed by atoms with Crippen LogP contribution < -0.4 is 4.74 Å². The lowest BCUT2D eigenvalue weighted by Crippen LogP contribution is -2.50. The van der Waals surface area contributed by atoms with E-state index in [9.17, 15) is 0 Å². The van der Waals surface area contributed by atoms with Crippen molar-refractivity contribution in [3.63, 3.8) is 0 Å². The second-order valence-corrected chi connectivity index (χ2v) is 9.44. The Hall–Kier alpha value is -1.54. The molecule has 2 heteroatoms. The summed E-state index contributed by atoms with van der Waals surface area (Å²) in [7, 11) is 1.74. The minimum Gasteiger partial charge on any atom is -0.497 e. The average molecular weight is 353 g/mol. The third-order valence-electron chi connectivity index (χ3n) is 6.66. The summed E-state index contributed by atoms with van der Waals surface area (Å²) in [6, 6.07) is 6.52. The van der Waals surface area contributed by atoms with E-state index < -0.39 is 0 Å². The van der Waals surface area contributed by atoms with Crippen molar-refractivity contribution >= 4 is 6.08 Å². The standard InChI is InChI=1S/C24H32O2/c1-23(2,3)26-22-8-6-7-21-20-11-9-16-15-17(25-5)10-12-18(16)19(20)13-14-24(21,22)4/h9-15,19-22H,6-8H2,1-5H3/t19-,20+,21-,22-,24-/m0/s1. The molecule has 0 spiro atoms. The van der Waals surface area contributed by atoms with Crippen molar-refractivity contribution in [3.8, 4) is 5.75 Å². The molecule has 0 N–H and O–H groups in total. The Balaban J connectivity index is 1.70. The van der Waals surface area contributed by atoms with Gasteiger partial charge in [0.1, 0.15) is 5.75 Å². The highest BCUT2D eigenvalue weighted by Gasteiger charge is 2.51. The monoisotopic (exact) mass is 352 g/mol. The maximum absolute atomic E-state index is 6.54. The van der Waals surface area contributed by atoms with Crippen molar-refractivity contribution in [1.29, 1.82) is 0 Å². The fourth-order valence-corrected chi connectivity index (χ4v) is 5.43. The van der Waals surface area contributed by atoms with Crippen LogP contribution in [-0.4, -0.2) is 18.8 Å². The van der Waals surface area contributed by atoms with E-state index in [1.165, 1.54) is 30.4 Å². The molecule has 4 rings (SSSR count). The zero-order chi connectivity index (χ0) is 18.5. The summed E-state index contributed by atoms with van der Waals surface area (Å²) in [5, 5.41) is 0. The summed E-state index contributed by atoms with van der Waals surface area (Å²) in [5.41, 5.74) is 2.78. The molecule has 0 unspecified atom stereocenters. The quantitative estimate of drug-likeness (QED) is 0.609. The number of allylic oxidation sites excluding steroid dienone is 2. The predicted molar refractivity (Wildman–Crippen MR) is 107 cm³/mol. The fraction of sp³-hybridized carbons (Fsp3) is 0.583. The molecule has 0 radical (unpaired) electrons. The van der Waals surface area contributed by atoms with Gasteiger partial charge in [-0.3, -0.25) is 0 Å². The molecule has 0 aliphatic heterocycles. The molecule has 3 aliphatic rings. The van der Waals surface area contributed by atoms with Crippen LogP contribution in [0.4, 0.5) is 0 Å². The molecule has 0 heterocycles. The topological polar surface area (TPSA) is 18.5 Å². The molecular weight excluding hydrogens is 320 g/mol. The molecule has 0 amide bonds.